The van der Waals surface area contributed by atoms with E-state index in [2.05, 4.69) is 36.5 Å². The second-order valence-corrected chi connectivity index (χ2v) is 5.17. The van der Waals surface area contributed by atoms with Gasteiger partial charge in [-0.1, -0.05) is 38.1 Å². The van der Waals surface area contributed by atoms with E-state index in [0.717, 1.165) is 19.3 Å². The molecule has 0 aliphatic heterocycles. The third-order valence-electron chi connectivity index (χ3n) is 3.35. The Bertz CT molecular complexity index is 373. The molecule has 0 radical (unpaired) electrons. The van der Waals surface area contributed by atoms with Gasteiger partial charge in [-0.05, 0) is 42.9 Å². The number of amides is 1. The lowest BCUT2D eigenvalue weighted by Gasteiger charge is -2.10. The van der Waals surface area contributed by atoms with Crippen molar-refractivity contribution in [2.75, 3.05) is 13.1 Å². The highest BCUT2D eigenvalue weighted by Gasteiger charge is 2.04. The largest absolute Gasteiger partial charge is 0.356 e. The van der Waals surface area contributed by atoms with Gasteiger partial charge in [-0.15, -0.1) is 0 Å². The zero-order valence-corrected chi connectivity index (χ0v) is 12.1. The molecular weight excluding hydrogens is 236 g/mol. The van der Waals surface area contributed by atoms with Gasteiger partial charge in [0.25, 0.3) is 0 Å². The maximum absolute atomic E-state index is 11.6. The van der Waals surface area contributed by atoms with Crippen LogP contribution in [0.15, 0.2) is 24.3 Å². The molecule has 3 heteroatoms. The smallest absolute Gasteiger partial charge is 0.220 e. The van der Waals surface area contributed by atoms with Crippen LogP contribution >= 0.6 is 0 Å². The predicted molar refractivity (Wildman–Crippen MR) is 80.0 cm³/mol. The standard InChI is InChI=1S/C16H26N2O/c1-3-14-7-9-15(10-8-14)5-4-6-16(19)18-12-13(2)11-17/h7-10,13H,3-6,11-12,17H2,1-2H3,(H,18,19). The van der Waals surface area contributed by atoms with E-state index < -0.39 is 0 Å². The molecule has 0 fully saturated rings. The van der Waals surface area contributed by atoms with Crippen molar-refractivity contribution >= 4 is 5.91 Å². The van der Waals surface area contributed by atoms with Crippen LogP contribution in [-0.2, 0) is 17.6 Å². The van der Waals surface area contributed by atoms with E-state index in [9.17, 15) is 4.79 Å². The Balaban J connectivity index is 2.20. The van der Waals surface area contributed by atoms with Crippen LogP contribution in [0.25, 0.3) is 0 Å². The summed E-state index contributed by atoms with van der Waals surface area (Å²) < 4.78 is 0. The van der Waals surface area contributed by atoms with Crippen LogP contribution < -0.4 is 11.1 Å². The molecule has 3 N–H and O–H groups in total. The summed E-state index contributed by atoms with van der Waals surface area (Å²) in [5.74, 6) is 0.482. The molecule has 106 valence electrons. The highest BCUT2D eigenvalue weighted by atomic mass is 16.1. The van der Waals surface area contributed by atoms with Crippen molar-refractivity contribution in [3.63, 3.8) is 0 Å². The van der Waals surface area contributed by atoms with Gasteiger partial charge in [-0.2, -0.15) is 0 Å². The molecule has 1 atom stereocenters. The molecule has 0 aromatic heterocycles. The van der Waals surface area contributed by atoms with Crippen LogP contribution in [0, 0.1) is 5.92 Å². The molecule has 0 aliphatic carbocycles. The van der Waals surface area contributed by atoms with E-state index in [1.165, 1.54) is 11.1 Å². The first kappa shape index (κ1) is 15.7. The Hall–Kier alpha value is -1.35. The molecular formula is C16H26N2O. The summed E-state index contributed by atoms with van der Waals surface area (Å²) in [6, 6.07) is 8.65. The van der Waals surface area contributed by atoms with Crippen molar-refractivity contribution in [2.24, 2.45) is 11.7 Å². The number of carbonyl (C=O) groups excluding carboxylic acids is 1. The molecule has 1 unspecified atom stereocenters. The van der Waals surface area contributed by atoms with Gasteiger partial charge in [-0.3, -0.25) is 4.79 Å². The van der Waals surface area contributed by atoms with E-state index >= 15 is 0 Å². The molecule has 1 aromatic carbocycles. The predicted octanol–water partition coefficient (Wildman–Crippen LogP) is 2.28. The maximum Gasteiger partial charge on any atom is 0.220 e. The molecule has 0 aliphatic rings. The minimum Gasteiger partial charge on any atom is -0.356 e. The van der Waals surface area contributed by atoms with Gasteiger partial charge < -0.3 is 11.1 Å². The third kappa shape index (κ3) is 6.39. The van der Waals surface area contributed by atoms with Crippen molar-refractivity contribution in [1.82, 2.24) is 5.32 Å². The fourth-order valence-corrected chi connectivity index (χ4v) is 1.85. The van der Waals surface area contributed by atoms with Crippen molar-refractivity contribution < 1.29 is 4.79 Å². The normalized spacial score (nSPS) is 12.2. The van der Waals surface area contributed by atoms with Gasteiger partial charge in [0.2, 0.25) is 5.91 Å². The van der Waals surface area contributed by atoms with Gasteiger partial charge in [0.05, 0.1) is 0 Å². The first-order chi connectivity index (χ1) is 9.15. The van der Waals surface area contributed by atoms with E-state index in [1.54, 1.807) is 0 Å². The maximum atomic E-state index is 11.6. The van der Waals surface area contributed by atoms with E-state index in [0.29, 0.717) is 25.4 Å². The Labute approximate surface area is 116 Å². The van der Waals surface area contributed by atoms with Crippen molar-refractivity contribution in [2.45, 2.75) is 39.5 Å². The lowest BCUT2D eigenvalue weighted by Crippen LogP contribution is -2.31. The van der Waals surface area contributed by atoms with Crippen LogP contribution in [0.2, 0.25) is 0 Å². The molecule has 1 rings (SSSR count). The topological polar surface area (TPSA) is 55.1 Å². The average molecular weight is 262 g/mol. The van der Waals surface area contributed by atoms with Crippen LogP contribution in [0.3, 0.4) is 0 Å². The zero-order valence-electron chi connectivity index (χ0n) is 12.1. The Morgan fingerprint density at radius 3 is 2.47 bits per heavy atom. The first-order valence-electron chi connectivity index (χ1n) is 7.20. The number of rotatable bonds is 8. The number of benzene rings is 1. The van der Waals surface area contributed by atoms with Crippen LogP contribution in [-0.4, -0.2) is 19.0 Å². The Morgan fingerprint density at radius 2 is 1.89 bits per heavy atom. The molecule has 0 bridgehead atoms. The summed E-state index contributed by atoms with van der Waals surface area (Å²) >= 11 is 0. The molecule has 0 spiro atoms. The number of carbonyl (C=O) groups is 1. The average Bonchev–Trinajstić information content (AvgIpc) is 2.45. The molecule has 0 heterocycles. The summed E-state index contributed by atoms with van der Waals surface area (Å²) in [5.41, 5.74) is 8.17. The second-order valence-electron chi connectivity index (χ2n) is 5.17. The third-order valence-corrected chi connectivity index (χ3v) is 3.35. The van der Waals surface area contributed by atoms with Gasteiger partial charge in [0.15, 0.2) is 0 Å². The molecule has 0 saturated heterocycles. The zero-order chi connectivity index (χ0) is 14.1. The van der Waals surface area contributed by atoms with Gasteiger partial charge in [-0.25, -0.2) is 0 Å². The summed E-state index contributed by atoms with van der Waals surface area (Å²) in [4.78, 5) is 11.6. The summed E-state index contributed by atoms with van der Waals surface area (Å²) in [7, 11) is 0. The van der Waals surface area contributed by atoms with Crippen LogP contribution in [0.5, 0.6) is 0 Å². The molecule has 19 heavy (non-hydrogen) atoms. The summed E-state index contributed by atoms with van der Waals surface area (Å²) in [6.45, 7) is 5.49. The van der Waals surface area contributed by atoms with Gasteiger partial charge >= 0.3 is 0 Å². The molecule has 1 amide bonds. The Morgan fingerprint density at radius 1 is 1.26 bits per heavy atom. The van der Waals surface area contributed by atoms with E-state index in [-0.39, 0.29) is 5.91 Å². The lowest BCUT2D eigenvalue weighted by molar-refractivity contribution is -0.121. The van der Waals surface area contributed by atoms with Gasteiger partial charge in [0, 0.05) is 13.0 Å². The number of hydrogen-bond donors (Lipinski definition) is 2. The fourth-order valence-electron chi connectivity index (χ4n) is 1.85. The van der Waals surface area contributed by atoms with Crippen LogP contribution in [0.4, 0.5) is 0 Å². The quantitative estimate of drug-likeness (QED) is 0.755. The van der Waals surface area contributed by atoms with Gasteiger partial charge in [0.1, 0.15) is 0 Å². The number of aryl methyl sites for hydroxylation is 2. The number of hydrogen-bond acceptors (Lipinski definition) is 2. The molecule has 1 aromatic rings. The first-order valence-corrected chi connectivity index (χ1v) is 7.20. The monoisotopic (exact) mass is 262 g/mol. The van der Waals surface area contributed by atoms with E-state index in [1.807, 2.05) is 6.92 Å². The number of nitrogens with one attached hydrogen (secondary N) is 1. The highest BCUT2D eigenvalue weighted by molar-refractivity contribution is 5.75. The van der Waals surface area contributed by atoms with Crippen LogP contribution in [0.1, 0.15) is 37.8 Å². The number of nitrogens with two attached hydrogens (primary N) is 1. The SMILES string of the molecule is CCc1ccc(CCCC(=O)NCC(C)CN)cc1. The molecule has 3 nitrogen and oxygen atoms in total. The summed E-state index contributed by atoms with van der Waals surface area (Å²) in [5, 5.41) is 2.92. The second kappa shape index (κ2) is 8.70. The van der Waals surface area contributed by atoms with Crippen molar-refractivity contribution in [1.29, 1.82) is 0 Å². The minimum atomic E-state index is 0.130. The summed E-state index contributed by atoms with van der Waals surface area (Å²) in [6.07, 6.45) is 3.52. The molecule has 0 saturated carbocycles. The minimum absolute atomic E-state index is 0.130. The highest BCUT2D eigenvalue weighted by Crippen LogP contribution is 2.08. The van der Waals surface area contributed by atoms with E-state index in [4.69, 9.17) is 5.73 Å². The lowest BCUT2D eigenvalue weighted by atomic mass is 10.0. The fraction of sp³-hybridized carbons (Fsp3) is 0.562. The Kier molecular flexibility index (Phi) is 7.19. The van der Waals surface area contributed by atoms with Crippen molar-refractivity contribution in [3.8, 4) is 0 Å². The van der Waals surface area contributed by atoms with Crippen molar-refractivity contribution in [3.05, 3.63) is 35.4 Å².